The zero-order chi connectivity index (χ0) is 14.4. The van der Waals surface area contributed by atoms with Gasteiger partial charge in [-0.25, -0.2) is 0 Å². The van der Waals surface area contributed by atoms with Gasteiger partial charge in [0.2, 0.25) is 0 Å². The van der Waals surface area contributed by atoms with Crippen LogP contribution in [0.15, 0.2) is 30.3 Å². The molecule has 0 saturated carbocycles. The Bertz CT molecular complexity index is 571. The number of benzene rings is 1. The van der Waals surface area contributed by atoms with Gasteiger partial charge >= 0.3 is 0 Å². The van der Waals surface area contributed by atoms with Crippen LogP contribution in [0.25, 0.3) is 11.4 Å². The molecular formula is C16H23N3S. The summed E-state index contributed by atoms with van der Waals surface area (Å²) in [4.78, 5) is 0. The molecule has 0 amide bonds. The van der Waals surface area contributed by atoms with Crippen LogP contribution in [0.4, 0.5) is 0 Å². The lowest BCUT2D eigenvalue weighted by Gasteiger charge is -2.16. The molecule has 0 bridgehead atoms. The Morgan fingerprint density at radius 2 is 2.00 bits per heavy atom. The van der Waals surface area contributed by atoms with Crippen molar-refractivity contribution >= 4 is 12.2 Å². The number of aromatic amines is 1. The molecule has 0 aliphatic rings. The molecule has 0 aliphatic carbocycles. The van der Waals surface area contributed by atoms with E-state index in [-0.39, 0.29) is 0 Å². The summed E-state index contributed by atoms with van der Waals surface area (Å²) in [6.07, 6.45) is 4.97. The molecule has 108 valence electrons. The van der Waals surface area contributed by atoms with E-state index in [0.29, 0.717) is 5.92 Å². The summed E-state index contributed by atoms with van der Waals surface area (Å²) < 4.78 is 2.87. The molecule has 1 atom stereocenters. The Balaban J connectivity index is 2.23. The van der Waals surface area contributed by atoms with Gasteiger partial charge in [-0.2, -0.15) is 5.10 Å². The number of hydrogen-bond donors (Lipinski definition) is 1. The van der Waals surface area contributed by atoms with Crippen LogP contribution in [0.3, 0.4) is 0 Å². The maximum absolute atomic E-state index is 5.40. The van der Waals surface area contributed by atoms with E-state index in [1.54, 1.807) is 0 Å². The third-order valence-corrected chi connectivity index (χ3v) is 4.09. The highest BCUT2D eigenvalue weighted by molar-refractivity contribution is 7.71. The highest BCUT2D eigenvalue weighted by atomic mass is 32.1. The molecule has 3 nitrogen and oxygen atoms in total. The molecular weight excluding hydrogens is 266 g/mol. The van der Waals surface area contributed by atoms with E-state index < -0.39 is 0 Å². The maximum Gasteiger partial charge on any atom is 0.195 e. The van der Waals surface area contributed by atoms with Crippen LogP contribution >= 0.6 is 12.2 Å². The number of unbranched alkanes of at least 4 members (excludes halogenated alkanes) is 1. The zero-order valence-corrected chi connectivity index (χ0v) is 13.1. The van der Waals surface area contributed by atoms with Crippen molar-refractivity contribution in [1.82, 2.24) is 14.8 Å². The van der Waals surface area contributed by atoms with Gasteiger partial charge in [-0.05, 0) is 24.6 Å². The SMILES string of the molecule is CCCCC(CC)Cn1c(-c2ccccc2)n[nH]c1=S. The van der Waals surface area contributed by atoms with Crippen molar-refractivity contribution < 1.29 is 0 Å². The van der Waals surface area contributed by atoms with Crippen LogP contribution in [0.2, 0.25) is 0 Å². The van der Waals surface area contributed by atoms with E-state index in [9.17, 15) is 0 Å². The van der Waals surface area contributed by atoms with Gasteiger partial charge in [-0.15, -0.1) is 0 Å². The lowest BCUT2D eigenvalue weighted by atomic mass is 9.99. The first-order valence-corrected chi connectivity index (χ1v) is 7.87. The summed E-state index contributed by atoms with van der Waals surface area (Å²) in [5.41, 5.74) is 1.12. The highest BCUT2D eigenvalue weighted by Crippen LogP contribution is 2.21. The second kappa shape index (κ2) is 7.39. The van der Waals surface area contributed by atoms with Crippen LogP contribution in [0.5, 0.6) is 0 Å². The van der Waals surface area contributed by atoms with Crippen LogP contribution in [-0.2, 0) is 6.54 Å². The first kappa shape index (κ1) is 15.0. The van der Waals surface area contributed by atoms with Crippen molar-refractivity contribution in [2.24, 2.45) is 5.92 Å². The van der Waals surface area contributed by atoms with Gasteiger partial charge < -0.3 is 0 Å². The fraction of sp³-hybridized carbons (Fsp3) is 0.500. The molecule has 1 aromatic heterocycles. The van der Waals surface area contributed by atoms with Crippen molar-refractivity contribution in [2.45, 2.75) is 46.1 Å². The van der Waals surface area contributed by atoms with Crippen LogP contribution < -0.4 is 0 Å². The highest BCUT2D eigenvalue weighted by Gasteiger charge is 2.13. The standard InChI is InChI=1S/C16H23N3S/c1-3-5-9-13(4-2)12-19-15(17-18-16(19)20)14-10-7-6-8-11-14/h6-8,10-11,13H,3-5,9,12H2,1-2H3,(H,18,20). The summed E-state index contributed by atoms with van der Waals surface area (Å²) in [7, 11) is 0. The third kappa shape index (κ3) is 3.57. The summed E-state index contributed by atoms with van der Waals surface area (Å²) in [6, 6.07) is 10.2. The van der Waals surface area contributed by atoms with Gasteiger partial charge in [0.15, 0.2) is 10.6 Å². The predicted octanol–water partition coefficient (Wildman–Crippen LogP) is 4.82. The number of rotatable bonds is 7. The molecule has 1 N–H and O–H groups in total. The second-order valence-electron chi connectivity index (χ2n) is 5.25. The molecule has 2 rings (SSSR count). The Labute approximate surface area is 126 Å². The second-order valence-corrected chi connectivity index (χ2v) is 5.63. The molecule has 0 fully saturated rings. The van der Waals surface area contributed by atoms with Crippen molar-refractivity contribution in [3.05, 3.63) is 35.1 Å². The lowest BCUT2D eigenvalue weighted by molar-refractivity contribution is 0.390. The first-order valence-electron chi connectivity index (χ1n) is 7.46. The Kier molecular flexibility index (Phi) is 5.53. The fourth-order valence-corrected chi connectivity index (χ4v) is 2.68. The summed E-state index contributed by atoms with van der Waals surface area (Å²) in [6.45, 7) is 5.45. The molecule has 0 spiro atoms. The molecule has 1 aromatic carbocycles. The van der Waals surface area contributed by atoms with Crippen LogP contribution in [0, 0.1) is 10.7 Å². The average molecular weight is 289 g/mol. The number of hydrogen-bond acceptors (Lipinski definition) is 2. The first-order chi connectivity index (χ1) is 9.76. The quantitative estimate of drug-likeness (QED) is 0.741. The van der Waals surface area contributed by atoms with E-state index in [2.05, 4.69) is 40.7 Å². The minimum atomic E-state index is 0.668. The van der Waals surface area contributed by atoms with Crippen molar-refractivity contribution in [1.29, 1.82) is 0 Å². The molecule has 0 radical (unpaired) electrons. The molecule has 1 unspecified atom stereocenters. The van der Waals surface area contributed by atoms with Crippen molar-refractivity contribution in [2.75, 3.05) is 0 Å². The Hall–Kier alpha value is -1.42. The van der Waals surface area contributed by atoms with Crippen LogP contribution in [0.1, 0.15) is 39.5 Å². The number of nitrogens with one attached hydrogen (secondary N) is 1. The van der Waals surface area contributed by atoms with E-state index in [1.165, 1.54) is 25.7 Å². The van der Waals surface area contributed by atoms with Gasteiger partial charge in [0.1, 0.15) is 0 Å². The molecule has 2 aromatic rings. The van der Waals surface area contributed by atoms with Gasteiger partial charge in [-0.3, -0.25) is 9.67 Å². The van der Waals surface area contributed by atoms with Crippen molar-refractivity contribution in [3.8, 4) is 11.4 Å². The molecule has 20 heavy (non-hydrogen) atoms. The van der Waals surface area contributed by atoms with E-state index in [4.69, 9.17) is 12.2 Å². The summed E-state index contributed by atoms with van der Waals surface area (Å²) in [5, 5.41) is 7.34. The minimum Gasteiger partial charge on any atom is -0.300 e. The van der Waals surface area contributed by atoms with Crippen LogP contribution in [-0.4, -0.2) is 14.8 Å². The average Bonchev–Trinajstić information content (AvgIpc) is 2.85. The monoisotopic (exact) mass is 289 g/mol. The summed E-state index contributed by atoms with van der Waals surface area (Å²) >= 11 is 5.40. The molecule has 0 saturated heterocycles. The number of H-pyrrole nitrogens is 1. The molecule has 1 heterocycles. The Morgan fingerprint density at radius 1 is 1.25 bits per heavy atom. The van der Waals surface area contributed by atoms with Gasteiger partial charge in [0, 0.05) is 12.1 Å². The van der Waals surface area contributed by atoms with E-state index in [0.717, 1.165) is 22.7 Å². The topological polar surface area (TPSA) is 33.6 Å². The number of aromatic nitrogens is 3. The normalized spacial score (nSPS) is 12.5. The fourth-order valence-electron chi connectivity index (χ4n) is 2.47. The zero-order valence-electron chi connectivity index (χ0n) is 12.3. The smallest absolute Gasteiger partial charge is 0.195 e. The largest absolute Gasteiger partial charge is 0.300 e. The number of nitrogens with zero attached hydrogens (tertiary/aromatic N) is 2. The predicted molar refractivity (Wildman–Crippen MR) is 86.2 cm³/mol. The summed E-state index contributed by atoms with van der Waals surface area (Å²) in [5.74, 6) is 1.62. The molecule has 4 heteroatoms. The molecule has 0 aliphatic heterocycles. The lowest BCUT2D eigenvalue weighted by Crippen LogP contribution is -2.11. The van der Waals surface area contributed by atoms with Gasteiger partial charge in [-0.1, -0.05) is 63.4 Å². The van der Waals surface area contributed by atoms with E-state index in [1.807, 2.05) is 18.2 Å². The minimum absolute atomic E-state index is 0.668. The van der Waals surface area contributed by atoms with Gasteiger partial charge in [0.05, 0.1) is 0 Å². The Morgan fingerprint density at radius 3 is 2.65 bits per heavy atom. The third-order valence-electron chi connectivity index (χ3n) is 3.77. The van der Waals surface area contributed by atoms with E-state index >= 15 is 0 Å². The van der Waals surface area contributed by atoms with Crippen molar-refractivity contribution in [3.63, 3.8) is 0 Å². The maximum atomic E-state index is 5.40. The van der Waals surface area contributed by atoms with Gasteiger partial charge in [0.25, 0.3) is 0 Å².